The van der Waals surface area contributed by atoms with Gasteiger partial charge in [0, 0.05) is 13.6 Å². The first-order valence-corrected chi connectivity index (χ1v) is 9.11. The molecule has 0 bridgehead atoms. The highest BCUT2D eigenvalue weighted by atomic mass is 16.7. The fourth-order valence-corrected chi connectivity index (χ4v) is 2.68. The zero-order valence-electron chi connectivity index (χ0n) is 17.6. The van der Waals surface area contributed by atoms with Gasteiger partial charge in [0.15, 0.2) is 0 Å². The van der Waals surface area contributed by atoms with Crippen LogP contribution in [0.2, 0.25) is 0 Å². The van der Waals surface area contributed by atoms with Crippen LogP contribution in [0.4, 0.5) is 4.79 Å². The van der Waals surface area contributed by atoms with Gasteiger partial charge in [0.1, 0.15) is 5.60 Å². The van der Waals surface area contributed by atoms with Crippen molar-refractivity contribution in [3.05, 3.63) is 29.3 Å². The van der Waals surface area contributed by atoms with Crippen LogP contribution in [0.15, 0.2) is 18.2 Å². The zero-order valence-corrected chi connectivity index (χ0v) is 17.6. The summed E-state index contributed by atoms with van der Waals surface area (Å²) < 4.78 is 17.6. The van der Waals surface area contributed by atoms with Crippen LogP contribution in [0.3, 0.4) is 0 Å². The second-order valence-corrected chi connectivity index (χ2v) is 9.11. The van der Waals surface area contributed by atoms with Crippen molar-refractivity contribution in [3.8, 4) is 0 Å². The lowest BCUT2D eigenvalue weighted by Crippen LogP contribution is -2.41. The van der Waals surface area contributed by atoms with Crippen LogP contribution in [0.1, 0.15) is 59.6 Å². The van der Waals surface area contributed by atoms with Gasteiger partial charge >= 0.3 is 13.2 Å². The van der Waals surface area contributed by atoms with Crippen molar-refractivity contribution in [2.45, 2.75) is 78.7 Å². The quantitative estimate of drug-likeness (QED) is 0.771. The van der Waals surface area contributed by atoms with Crippen molar-refractivity contribution in [2.75, 3.05) is 7.05 Å². The maximum atomic E-state index is 12.2. The van der Waals surface area contributed by atoms with E-state index < -0.39 is 5.60 Å². The average molecular weight is 361 g/mol. The first kappa shape index (κ1) is 20.8. The van der Waals surface area contributed by atoms with Crippen LogP contribution >= 0.6 is 0 Å². The molecule has 0 radical (unpaired) electrons. The molecule has 1 amide bonds. The van der Waals surface area contributed by atoms with Gasteiger partial charge in [-0.25, -0.2) is 4.79 Å². The minimum absolute atomic E-state index is 0.327. The number of ether oxygens (including phenoxy) is 1. The molecule has 0 spiro atoms. The van der Waals surface area contributed by atoms with E-state index >= 15 is 0 Å². The van der Waals surface area contributed by atoms with Crippen molar-refractivity contribution in [3.63, 3.8) is 0 Å². The fourth-order valence-electron chi connectivity index (χ4n) is 2.68. The highest BCUT2D eigenvalue weighted by Crippen LogP contribution is 2.36. The topological polar surface area (TPSA) is 48.0 Å². The van der Waals surface area contributed by atoms with Gasteiger partial charge in [-0.2, -0.15) is 0 Å². The number of hydrogen-bond acceptors (Lipinski definition) is 4. The monoisotopic (exact) mass is 361 g/mol. The summed E-state index contributed by atoms with van der Waals surface area (Å²) in [5, 5.41) is 0. The summed E-state index contributed by atoms with van der Waals surface area (Å²) in [7, 11) is 1.37. The minimum Gasteiger partial charge on any atom is -0.444 e. The molecule has 0 saturated carbocycles. The number of rotatable bonds is 3. The van der Waals surface area contributed by atoms with Crippen LogP contribution in [0, 0.1) is 6.92 Å². The van der Waals surface area contributed by atoms with E-state index in [1.165, 1.54) is 0 Å². The minimum atomic E-state index is -0.499. The Morgan fingerprint density at radius 2 is 1.69 bits per heavy atom. The van der Waals surface area contributed by atoms with E-state index in [0.29, 0.717) is 6.54 Å². The Morgan fingerprint density at radius 3 is 2.15 bits per heavy atom. The van der Waals surface area contributed by atoms with E-state index in [1.807, 2.05) is 67.5 Å². The first-order valence-electron chi connectivity index (χ1n) is 9.11. The summed E-state index contributed by atoms with van der Waals surface area (Å²) in [4.78, 5) is 13.7. The molecule has 1 aliphatic heterocycles. The van der Waals surface area contributed by atoms with E-state index in [1.54, 1.807) is 11.9 Å². The Hall–Kier alpha value is -1.53. The van der Waals surface area contributed by atoms with Gasteiger partial charge in [-0.15, -0.1) is 0 Å². The Labute approximate surface area is 158 Å². The molecule has 1 heterocycles. The smallest absolute Gasteiger partial charge is 0.444 e. The van der Waals surface area contributed by atoms with Crippen molar-refractivity contribution in [2.24, 2.45) is 0 Å². The molecule has 2 rings (SSSR count). The lowest BCUT2D eigenvalue weighted by Gasteiger charge is -2.32. The van der Waals surface area contributed by atoms with Gasteiger partial charge in [-0.3, -0.25) is 0 Å². The highest BCUT2D eigenvalue weighted by Gasteiger charge is 2.51. The standard InChI is InChI=1S/C20H32BNO4/c1-14-12-16(21-25-19(5,6)20(7,8)26-21)11-10-15(14)13-22(9)17(23)24-18(2,3)4/h10-12H,13H2,1-9H3. The molecule has 26 heavy (non-hydrogen) atoms. The molecule has 1 aromatic rings. The average Bonchev–Trinajstić information content (AvgIpc) is 2.67. The molecule has 0 aromatic heterocycles. The fraction of sp³-hybridized carbons (Fsp3) is 0.650. The summed E-state index contributed by atoms with van der Waals surface area (Å²) in [6.45, 7) is 16.3. The van der Waals surface area contributed by atoms with Gasteiger partial charge < -0.3 is 18.9 Å². The number of aryl methyl sites for hydroxylation is 1. The SMILES string of the molecule is Cc1cc(B2OC(C)(C)C(C)(C)O2)ccc1CN(C)C(=O)OC(C)(C)C. The van der Waals surface area contributed by atoms with Crippen LogP contribution in [-0.4, -0.2) is 42.0 Å². The molecule has 1 aliphatic rings. The Balaban J connectivity index is 2.10. The highest BCUT2D eigenvalue weighted by molar-refractivity contribution is 6.62. The molecule has 0 atom stereocenters. The molecular formula is C20H32BNO4. The predicted octanol–water partition coefficient (Wildman–Crippen LogP) is 3.66. The molecule has 1 aromatic carbocycles. The molecule has 6 heteroatoms. The number of carbonyl (C=O) groups is 1. The summed E-state index contributed by atoms with van der Waals surface area (Å²) in [5.41, 5.74) is 1.93. The van der Waals surface area contributed by atoms with E-state index in [4.69, 9.17) is 14.0 Å². The van der Waals surface area contributed by atoms with Crippen LogP contribution < -0.4 is 5.46 Å². The molecule has 0 N–H and O–H groups in total. The molecule has 5 nitrogen and oxygen atoms in total. The van der Waals surface area contributed by atoms with Gasteiger partial charge in [-0.05, 0) is 72.0 Å². The van der Waals surface area contributed by atoms with Gasteiger partial charge in [-0.1, -0.05) is 18.2 Å². The maximum Gasteiger partial charge on any atom is 0.494 e. The molecule has 144 valence electrons. The lowest BCUT2D eigenvalue weighted by molar-refractivity contribution is 0.00578. The van der Waals surface area contributed by atoms with E-state index in [0.717, 1.165) is 16.6 Å². The van der Waals surface area contributed by atoms with Crippen LogP contribution in [-0.2, 0) is 20.6 Å². The Morgan fingerprint density at radius 1 is 1.15 bits per heavy atom. The normalized spacial score (nSPS) is 18.7. The summed E-state index contributed by atoms with van der Waals surface area (Å²) >= 11 is 0. The van der Waals surface area contributed by atoms with Crippen LogP contribution in [0.25, 0.3) is 0 Å². The number of nitrogens with zero attached hydrogens (tertiary/aromatic N) is 1. The Kier molecular flexibility index (Phi) is 5.51. The molecule has 1 saturated heterocycles. The molecule has 1 fully saturated rings. The second kappa shape index (κ2) is 6.89. The van der Waals surface area contributed by atoms with Gasteiger partial charge in [0.2, 0.25) is 0 Å². The third kappa shape index (κ3) is 4.60. The van der Waals surface area contributed by atoms with E-state index in [2.05, 4.69) is 6.07 Å². The molecule has 0 aliphatic carbocycles. The third-order valence-electron chi connectivity index (χ3n) is 5.00. The second-order valence-electron chi connectivity index (χ2n) is 9.11. The lowest BCUT2D eigenvalue weighted by atomic mass is 9.78. The Bertz CT molecular complexity index is 663. The van der Waals surface area contributed by atoms with Gasteiger partial charge in [0.25, 0.3) is 0 Å². The maximum absolute atomic E-state index is 12.2. The number of carbonyl (C=O) groups excluding carboxylic acids is 1. The van der Waals surface area contributed by atoms with Crippen LogP contribution in [0.5, 0.6) is 0 Å². The summed E-state index contributed by atoms with van der Waals surface area (Å²) in [5.74, 6) is 0. The van der Waals surface area contributed by atoms with Crippen molar-refractivity contribution in [1.82, 2.24) is 4.90 Å². The van der Waals surface area contributed by atoms with Crippen molar-refractivity contribution in [1.29, 1.82) is 0 Å². The van der Waals surface area contributed by atoms with Crippen molar-refractivity contribution >= 4 is 18.7 Å². The first-order chi connectivity index (χ1) is 11.7. The summed E-state index contributed by atoms with van der Waals surface area (Å²) in [6.07, 6.45) is -0.327. The zero-order chi connectivity index (χ0) is 19.9. The third-order valence-corrected chi connectivity index (χ3v) is 5.00. The number of benzene rings is 1. The molecule has 0 unspecified atom stereocenters. The number of hydrogen-bond donors (Lipinski definition) is 0. The van der Waals surface area contributed by atoms with E-state index in [9.17, 15) is 4.79 Å². The van der Waals surface area contributed by atoms with Crippen molar-refractivity contribution < 1.29 is 18.8 Å². The van der Waals surface area contributed by atoms with E-state index in [-0.39, 0.29) is 24.4 Å². The summed E-state index contributed by atoms with van der Waals surface area (Å²) in [6, 6.07) is 6.10. The predicted molar refractivity (Wildman–Crippen MR) is 105 cm³/mol. The molecular weight excluding hydrogens is 329 g/mol. The number of amides is 1. The largest absolute Gasteiger partial charge is 0.494 e. The van der Waals surface area contributed by atoms with Gasteiger partial charge in [0.05, 0.1) is 11.2 Å².